The Morgan fingerprint density at radius 1 is 0.812 bits per heavy atom. The average Bonchev–Trinajstić information content (AvgIpc) is 3.57. The molecule has 0 spiro atoms. The van der Waals surface area contributed by atoms with Gasteiger partial charge in [-0.15, -0.1) is 0 Å². The number of amides is 3. The van der Waals surface area contributed by atoms with Crippen LogP contribution in [0.2, 0.25) is 5.02 Å². The van der Waals surface area contributed by atoms with Crippen LogP contribution in [0.3, 0.4) is 0 Å². The molecule has 8 heteroatoms. The zero-order chi connectivity index (χ0) is 22.7. The second kappa shape index (κ2) is 8.72. The van der Waals surface area contributed by atoms with Gasteiger partial charge in [0, 0.05) is 11.3 Å². The molecule has 0 aliphatic heterocycles. The molecule has 4 rings (SSSR count). The molecule has 1 fully saturated rings. The van der Waals surface area contributed by atoms with Crippen molar-refractivity contribution in [2.24, 2.45) is 0 Å². The first-order chi connectivity index (χ1) is 15.4. The Morgan fingerprint density at radius 3 is 1.97 bits per heavy atom. The van der Waals surface area contributed by atoms with E-state index < -0.39 is 23.4 Å². The second-order valence-corrected chi connectivity index (χ2v) is 7.96. The Hall–Kier alpha value is -3.84. The van der Waals surface area contributed by atoms with E-state index in [1.807, 2.05) is 12.1 Å². The van der Waals surface area contributed by atoms with E-state index in [1.54, 1.807) is 60.7 Å². The molecular weight excluding hydrogens is 430 g/mol. The van der Waals surface area contributed by atoms with Crippen LogP contribution in [-0.4, -0.2) is 28.6 Å². The monoisotopic (exact) mass is 449 g/mol. The number of carboxylic acids is 1. The van der Waals surface area contributed by atoms with Crippen molar-refractivity contribution in [3.63, 3.8) is 0 Å². The molecule has 3 aromatic rings. The third kappa shape index (κ3) is 4.73. The lowest BCUT2D eigenvalue weighted by Gasteiger charge is -2.13. The SMILES string of the molecule is O=C(Nc1ccc(-c2ccc(C(=O)NC3(C(=O)O)CC3)cc2)cc1)Nc1ccccc1Cl. The molecule has 3 aromatic carbocycles. The van der Waals surface area contributed by atoms with Gasteiger partial charge in [-0.1, -0.05) is 48.0 Å². The fourth-order valence-corrected chi connectivity index (χ4v) is 3.40. The van der Waals surface area contributed by atoms with Gasteiger partial charge in [-0.25, -0.2) is 9.59 Å². The first-order valence-electron chi connectivity index (χ1n) is 9.95. The Morgan fingerprint density at radius 2 is 1.41 bits per heavy atom. The summed E-state index contributed by atoms with van der Waals surface area (Å²) in [7, 11) is 0. The molecule has 0 saturated heterocycles. The van der Waals surface area contributed by atoms with Crippen LogP contribution in [0.5, 0.6) is 0 Å². The highest BCUT2D eigenvalue weighted by Crippen LogP contribution is 2.35. The number of carboxylic acid groups (broad SMARTS) is 1. The Balaban J connectivity index is 1.37. The first-order valence-corrected chi connectivity index (χ1v) is 10.3. The van der Waals surface area contributed by atoms with E-state index in [9.17, 15) is 19.5 Å². The van der Waals surface area contributed by atoms with Crippen molar-refractivity contribution in [2.75, 3.05) is 10.6 Å². The number of urea groups is 1. The van der Waals surface area contributed by atoms with Crippen molar-refractivity contribution in [1.29, 1.82) is 0 Å². The van der Waals surface area contributed by atoms with Crippen molar-refractivity contribution in [2.45, 2.75) is 18.4 Å². The number of aliphatic carboxylic acids is 1. The second-order valence-electron chi connectivity index (χ2n) is 7.56. The van der Waals surface area contributed by atoms with E-state index >= 15 is 0 Å². The topological polar surface area (TPSA) is 108 Å². The normalized spacial score (nSPS) is 13.7. The fraction of sp³-hybridized carbons (Fsp3) is 0.125. The summed E-state index contributed by atoms with van der Waals surface area (Å²) in [6, 6.07) is 20.7. The van der Waals surface area contributed by atoms with Crippen LogP contribution in [0.1, 0.15) is 23.2 Å². The summed E-state index contributed by atoms with van der Waals surface area (Å²) in [5.74, 6) is -1.41. The third-order valence-corrected chi connectivity index (χ3v) is 5.59. The van der Waals surface area contributed by atoms with E-state index in [1.165, 1.54) is 0 Å². The molecule has 0 aromatic heterocycles. The van der Waals surface area contributed by atoms with Crippen LogP contribution in [0.4, 0.5) is 16.2 Å². The highest BCUT2D eigenvalue weighted by Gasteiger charge is 2.51. The Kier molecular flexibility index (Phi) is 5.83. The Bertz CT molecular complexity index is 1170. The predicted octanol–water partition coefficient (Wildman–Crippen LogP) is 5.00. The molecule has 162 valence electrons. The van der Waals surface area contributed by atoms with Gasteiger partial charge in [-0.3, -0.25) is 4.79 Å². The van der Waals surface area contributed by atoms with Gasteiger partial charge in [0.15, 0.2) is 0 Å². The molecule has 1 aliphatic carbocycles. The first kappa shape index (κ1) is 21.4. The molecule has 1 saturated carbocycles. The number of halogens is 1. The van der Waals surface area contributed by atoms with Gasteiger partial charge in [0.1, 0.15) is 5.54 Å². The van der Waals surface area contributed by atoms with Crippen molar-refractivity contribution < 1.29 is 19.5 Å². The number of carbonyl (C=O) groups excluding carboxylic acids is 2. The quantitative estimate of drug-likeness (QED) is 0.424. The standard InChI is InChI=1S/C24H20ClN3O4/c25-19-3-1-2-4-20(19)27-23(32)26-18-11-9-16(10-12-18)15-5-7-17(8-6-15)21(29)28-24(13-14-24)22(30)31/h1-12H,13-14H2,(H,28,29)(H,30,31)(H2,26,27,32). The zero-order valence-corrected chi connectivity index (χ0v) is 17.6. The minimum atomic E-state index is -1.11. The van der Waals surface area contributed by atoms with Crippen molar-refractivity contribution in [3.05, 3.63) is 83.4 Å². The summed E-state index contributed by atoms with van der Waals surface area (Å²) < 4.78 is 0. The maximum atomic E-state index is 12.3. The van der Waals surface area contributed by atoms with E-state index in [2.05, 4.69) is 16.0 Å². The summed E-state index contributed by atoms with van der Waals surface area (Å²) in [6.07, 6.45) is 0.895. The van der Waals surface area contributed by atoms with Crippen LogP contribution in [0.25, 0.3) is 11.1 Å². The minimum Gasteiger partial charge on any atom is -0.480 e. The fourth-order valence-electron chi connectivity index (χ4n) is 3.21. The number of benzene rings is 3. The van der Waals surface area contributed by atoms with E-state index in [-0.39, 0.29) is 0 Å². The number of carbonyl (C=O) groups is 3. The molecule has 7 nitrogen and oxygen atoms in total. The van der Waals surface area contributed by atoms with Crippen LogP contribution in [-0.2, 0) is 4.79 Å². The maximum Gasteiger partial charge on any atom is 0.329 e. The number of rotatable bonds is 6. The zero-order valence-electron chi connectivity index (χ0n) is 16.9. The minimum absolute atomic E-state index is 0.399. The van der Waals surface area contributed by atoms with Gasteiger partial charge in [0.2, 0.25) is 0 Å². The van der Waals surface area contributed by atoms with E-state index in [4.69, 9.17) is 11.6 Å². The van der Waals surface area contributed by atoms with Crippen molar-refractivity contribution in [1.82, 2.24) is 5.32 Å². The van der Waals surface area contributed by atoms with Crippen LogP contribution in [0, 0.1) is 0 Å². The number of hydrogen-bond donors (Lipinski definition) is 4. The summed E-state index contributed by atoms with van der Waals surface area (Å²) in [4.78, 5) is 35.7. The number of hydrogen-bond acceptors (Lipinski definition) is 3. The van der Waals surface area contributed by atoms with Gasteiger partial charge in [-0.2, -0.15) is 0 Å². The van der Waals surface area contributed by atoms with Crippen LogP contribution < -0.4 is 16.0 Å². The highest BCUT2D eigenvalue weighted by molar-refractivity contribution is 6.33. The molecule has 0 heterocycles. The lowest BCUT2D eigenvalue weighted by atomic mass is 10.0. The third-order valence-electron chi connectivity index (χ3n) is 5.26. The largest absolute Gasteiger partial charge is 0.480 e. The smallest absolute Gasteiger partial charge is 0.329 e. The summed E-state index contributed by atoms with van der Waals surface area (Å²) >= 11 is 6.05. The van der Waals surface area contributed by atoms with E-state index in [0.717, 1.165) is 11.1 Å². The number of nitrogens with one attached hydrogen (secondary N) is 3. The van der Waals surface area contributed by atoms with Crippen molar-refractivity contribution >= 4 is 40.9 Å². The van der Waals surface area contributed by atoms with Gasteiger partial charge >= 0.3 is 12.0 Å². The Labute approximate surface area is 189 Å². The molecule has 0 bridgehead atoms. The number of anilines is 2. The summed E-state index contributed by atoms with van der Waals surface area (Å²) in [5.41, 5.74) is 2.19. The average molecular weight is 450 g/mol. The molecule has 4 N–H and O–H groups in total. The highest BCUT2D eigenvalue weighted by atomic mass is 35.5. The molecule has 0 radical (unpaired) electrons. The lowest BCUT2D eigenvalue weighted by Crippen LogP contribution is -2.43. The maximum absolute atomic E-state index is 12.3. The van der Waals surface area contributed by atoms with Crippen LogP contribution >= 0.6 is 11.6 Å². The molecule has 0 atom stereocenters. The molecule has 32 heavy (non-hydrogen) atoms. The summed E-state index contributed by atoms with van der Waals surface area (Å²) in [6.45, 7) is 0. The molecule has 0 unspecified atom stereocenters. The molecule has 3 amide bonds. The molecule has 1 aliphatic rings. The van der Waals surface area contributed by atoms with Crippen LogP contribution in [0.15, 0.2) is 72.8 Å². The predicted molar refractivity (Wildman–Crippen MR) is 123 cm³/mol. The summed E-state index contributed by atoms with van der Waals surface area (Å²) in [5, 5.41) is 17.7. The van der Waals surface area contributed by atoms with Gasteiger partial charge in [0.05, 0.1) is 10.7 Å². The van der Waals surface area contributed by atoms with Gasteiger partial charge in [-0.05, 0) is 60.4 Å². The van der Waals surface area contributed by atoms with Crippen molar-refractivity contribution in [3.8, 4) is 11.1 Å². The van der Waals surface area contributed by atoms with Gasteiger partial charge in [0.25, 0.3) is 5.91 Å². The van der Waals surface area contributed by atoms with Gasteiger partial charge < -0.3 is 21.1 Å². The molecular formula is C24H20ClN3O4. The van der Waals surface area contributed by atoms with E-state index in [0.29, 0.717) is 34.8 Å². The number of para-hydroxylation sites is 1. The lowest BCUT2D eigenvalue weighted by molar-refractivity contribution is -0.140.